The number of aryl methyl sites for hydroxylation is 1. The van der Waals surface area contributed by atoms with E-state index in [9.17, 15) is 5.11 Å². The molecule has 0 spiro atoms. The molecule has 1 aromatic rings. The molecule has 1 heterocycles. The number of thioether (sulfide) groups is 1. The lowest BCUT2D eigenvalue weighted by Crippen LogP contribution is -2.30. The second-order valence-electron chi connectivity index (χ2n) is 4.22. The number of hydrogen-bond acceptors (Lipinski definition) is 3. The van der Waals surface area contributed by atoms with Crippen LogP contribution in [0.1, 0.15) is 22.8 Å². The molecule has 2 unspecified atom stereocenters. The van der Waals surface area contributed by atoms with Crippen LogP contribution in [0.2, 0.25) is 0 Å². The van der Waals surface area contributed by atoms with Gasteiger partial charge in [0.15, 0.2) is 0 Å². The van der Waals surface area contributed by atoms with Crippen LogP contribution in [0.15, 0.2) is 18.2 Å². The Labute approximate surface area is 101 Å². The molecule has 1 aliphatic heterocycles. The smallest absolute Gasteiger partial charge is 0.106 e. The zero-order chi connectivity index (χ0) is 11.5. The van der Waals surface area contributed by atoms with Crippen LogP contribution in [0.25, 0.3) is 0 Å². The number of ether oxygens (including phenoxy) is 1. The Balaban J connectivity index is 2.19. The van der Waals surface area contributed by atoms with E-state index < -0.39 is 6.10 Å². The Kier molecular flexibility index (Phi) is 3.90. The van der Waals surface area contributed by atoms with Crippen LogP contribution in [-0.4, -0.2) is 29.3 Å². The highest BCUT2D eigenvalue weighted by Crippen LogP contribution is 2.28. The quantitative estimate of drug-likeness (QED) is 0.858. The van der Waals surface area contributed by atoms with Gasteiger partial charge in [0.1, 0.15) is 6.10 Å². The van der Waals surface area contributed by atoms with Gasteiger partial charge in [-0.3, -0.25) is 0 Å². The third kappa shape index (κ3) is 2.42. The van der Waals surface area contributed by atoms with Crippen molar-refractivity contribution >= 4 is 11.8 Å². The van der Waals surface area contributed by atoms with Crippen molar-refractivity contribution in [1.82, 2.24) is 0 Å². The zero-order valence-electron chi connectivity index (χ0n) is 9.77. The number of benzene rings is 1. The minimum absolute atomic E-state index is 0.0563. The van der Waals surface area contributed by atoms with Gasteiger partial charge in [-0.05, 0) is 30.5 Å². The summed E-state index contributed by atoms with van der Waals surface area (Å²) in [6.45, 7) is 4.88. The molecule has 2 nitrogen and oxygen atoms in total. The topological polar surface area (TPSA) is 29.5 Å². The summed E-state index contributed by atoms with van der Waals surface area (Å²) in [6, 6.07) is 6.06. The SMILES string of the molecule is Cc1cccc(C(O)C2CSCCO2)c1C. The van der Waals surface area contributed by atoms with Crippen LogP contribution in [0, 0.1) is 13.8 Å². The molecule has 2 atom stereocenters. The third-order valence-electron chi connectivity index (χ3n) is 3.16. The lowest BCUT2D eigenvalue weighted by molar-refractivity contribution is -0.0230. The number of aliphatic hydroxyl groups excluding tert-OH is 1. The molecule has 16 heavy (non-hydrogen) atoms. The van der Waals surface area contributed by atoms with Crippen molar-refractivity contribution in [2.75, 3.05) is 18.1 Å². The second-order valence-corrected chi connectivity index (χ2v) is 5.37. The van der Waals surface area contributed by atoms with Gasteiger partial charge in [-0.25, -0.2) is 0 Å². The van der Waals surface area contributed by atoms with Gasteiger partial charge in [-0.15, -0.1) is 0 Å². The Morgan fingerprint density at radius 2 is 2.25 bits per heavy atom. The molecule has 0 aromatic heterocycles. The maximum Gasteiger partial charge on any atom is 0.106 e. The van der Waals surface area contributed by atoms with E-state index in [1.807, 2.05) is 23.9 Å². The summed E-state index contributed by atoms with van der Waals surface area (Å²) in [5, 5.41) is 10.3. The van der Waals surface area contributed by atoms with Crippen LogP contribution in [0.5, 0.6) is 0 Å². The van der Waals surface area contributed by atoms with Gasteiger partial charge in [0, 0.05) is 11.5 Å². The lowest BCUT2D eigenvalue weighted by atomic mass is 9.96. The monoisotopic (exact) mass is 238 g/mol. The molecule has 0 radical (unpaired) electrons. The average molecular weight is 238 g/mol. The second kappa shape index (κ2) is 5.21. The third-order valence-corrected chi connectivity index (χ3v) is 4.18. The molecule has 0 aliphatic carbocycles. The normalized spacial score (nSPS) is 23.1. The van der Waals surface area contributed by atoms with E-state index in [-0.39, 0.29) is 6.10 Å². The molecule has 1 N–H and O–H groups in total. The molecule has 3 heteroatoms. The Morgan fingerprint density at radius 1 is 1.44 bits per heavy atom. The molecule has 2 rings (SSSR count). The van der Waals surface area contributed by atoms with Crippen molar-refractivity contribution in [3.8, 4) is 0 Å². The van der Waals surface area contributed by atoms with Crippen LogP contribution in [0.3, 0.4) is 0 Å². The van der Waals surface area contributed by atoms with Gasteiger partial charge in [0.25, 0.3) is 0 Å². The molecular formula is C13H18O2S. The standard InChI is InChI=1S/C13H18O2S/c1-9-4-3-5-11(10(9)2)13(14)12-8-16-7-6-15-12/h3-5,12-14H,6-8H2,1-2H3. The van der Waals surface area contributed by atoms with E-state index in [0.717, 1.165) is 23.7 Å². The van der Waals surface area contributed by atoms with E-state index in [0.29, 0.717) is 0 Å². The summed E-state index contributed by atoms with van der Waals surface area (Å²) < 4.78 is 5.62. The fraction of sp³-hybridized carbons (Fsp3) is 0.538. The first-order chi connectivity index (χ1) is 7.70. The summed E-state index contributed by atoms with van der Waals surface area (Å²) in [7, 11) is 0. The Hall–Kier alpha value is -0.510. The number of hydrogen-bond donors (Lipinski definition) is 1. The van der Waals surface area contributed by atoms with Crippen molar-refractivity contribution in [3.05, 3.63) is 34.9 Å². The van der Waals surface area contributed by atoms with E-state index in [4.69, 9.17) is 4.74 Å². The Bertz CT molecular complexity index is 359. The maximum absolute atomic E-state index is 10.3. The lowest BCUT2D eigenvalue weighted by Gasteiger charge is -2.28. The van der Waals surface area contributed by atoms with Crippen molar-refractivity contribution in [3.63, 3.8) is 0 Å². The first-order valence-corrected chi connectivity index (χ1v) is 6.79. The summed E-state index contributed by atoms with van der Waals surface area (Å²) in [4.78, 5) is 0. The predicted octanol–water partition coefficient (Wildman–Crippen LogP) is 2.47. The molecule has 88 valence electrons. The van der Waals surface area contributed by atoms with Crippen LogP contribution < -0.4 is 0 Å². The van der Waals surface area contributed by atoms with E-state index in [2.05, 4.69) is 19.9 Å². The zero-order valence-corrected chi connectivity index (χ0v) is 10.6. The van der Waals surface area contributed by atoms with Gasteiger partial charge in [0.05, 0.1) is 12.7 Å². The first kappa shape index (κ1) is 12.0. The van der Waals surface area contributed by atoms with Gasteiger partial charge in [-0.1, -0.05) is 18.2 Å². The Morgan fingerprint density at radius 3 is 2.94 bits per heavy atom. The van der Waals surface area contributed by atoms with Crippen LogP contribution in [-0.2, 0) is 4.74 Å². The van der Waals surface area contributed by atoms with Crippen molar-refractivity contribution in [2.24, 2.45) is 0 Å². The van der Waals surface area contributed by atoms with Crippen molar-refractivity contribution in [1.29, 1.82) is 0 Å². The highest BCUT2D eigenvalue weighted by atomic mass is 32.2. The summed E-state index contributed by atoms with van der Waals surface area (Å²) in [6.07, 6.45) is -0.549. The van der Waals surface area contributed by atoms with Gasteiger partial charge < -0.3 is 9.84 Å². The van der Waals surface area contributed by atoms with Crippen LogP contribution in [0.4, 0.5) is 0 Å². The molecule has 0 amide bonds. The first-order valence-electron chi connectivity index (χ1n) is 5.63. The van der Waals surface area contributed by atoms with Crippen LogP contribution >= 0.6 is 11.8 Å². The molecule has 1 saturated heterocycles. The van der Waals surface area contributed by atoms with Crippen molar-refractivity contribution < 1.29 is 9.84 Å². The highest BCUT2D eigenvalue weighted by Gasteiger charge is 2.25. The predicted molar refractivity (Wildman–Crippen MR) is 67.9 cm³/mol. The summed E-state index contributed by atoms with van der Waals surface area (Å²) in [5.74, 6) is 1.92. The highest BCUT2D eigenvalue weighted by molar-refractivity contribution is 7.99. The molecular weight excluding hydrogens is 220 g/mol. The molecule has 1 aromatic carbocycles. The van der Waals surface area contributed by atoms with E-state index >= 15 is 0 Å². The molecule has 0 bridgehead atoms. The molecule has 0 saturated carbocycles. The molecule has 1 fully saturated rings. The van der Waals surface area contributed by atoms with E-state index in [1.165, 1.54) is 11.1 Å². The maximum atomic E-state index is 10.3. The number of rotatable bonds is 2. The minimum atomic E-state index is -0.493. The van der Waals surface area contributed by atoms with E-state index in [1.54, 1.807) is 0 Å². The number of aliphatic hydroxyl groups is 1. The average Bonchev–Trinajstić information content (AvgIpc) is 2.33. The van der Waals surface area contributed by atoms with Crippen molar-refractivity contribution in [2.45, 2.75) is 26.1 Å². The largest absolute Gasteiger partial charge is 0.386 e. The van der Waals surface area contributed by atoms with Gasteiger partial charge in [-0.2, -0.15) is 11.8 Å². The summed E-state index contributed by atoms with van der Waals surface area (Å²) >= 11 is 1.85. The van der Waals surface area contributed by atoms with Gasteiger partial charge in [0.2, 0.25) is 0 Å². The fourth-order valence-electron chi connectivity index (χ4n) is 1.98. The fourth-order valence-corrected chi connectivity index (χ4v) is 2.87. The summed E-state index contributed by atoms with van der Waals surface area (Å²) in [5.41, 5.74) is 3.40. The minimum Gasteiger partial charge on any atom is -0.386 e. The molecule has 1 aliphatic rings. The van der Waals surface area contributed by atoms with Gasteiger partial charge >= 0.3 is 0 Å².